The van der Waals surface area contributed by atoms with E-state index in [0.717, 1.165) is 17.7 Å². The lowest BCUT2D eigenvalue weighted by Crippen LogP contribution is -2.27. The number of aromatic nitrogens is 1. The molecule has 1 aromatic carbocycles. The summed E-state index contributed by atoms with van der Waals surface area (Å²) in [6.45, 7) is 8.21. The van der Waals surface area contributed by atoms with E-state index in [2.05, 4.69) is 45.0 Å². The van der Waals surface area contributed by atoms with Gasteiger partial charge in [-0.1, -0.05) is 45.0 Å². The highest BCUT2D eigenvalue weighted by molar-refractivity contribution is 5.60. The normalized spacial score (nSPS) is 12.6. The van der Waals surface area contributed by atoms with E-state index in [0.29, 0.717) is 11.5 Å². The number of pyridine rings is 1. The van der Waals surface area contributed by atoms with Gasteiger partial charge < -0.3 is 9.67 Å². The maximum atomic E-state index is 12.6. The van der Waals surface area contributed by atoms with Crippen LogP contribution in [0.4, 0.5) is 0 Å². The molecular weight excluding hydrogens is 274 g/mol. The molecule has 3 nitrogen and oxygen atoms in total. The zero-order chi connectivity index (χ0) is 16.3. The van der Waals surface area contributed by atoms with Crippen LogP contribution >= 0.6 is 0 Å². The first-order valence-electron chi connectivity index (χ1n) is 7.95. The molecule has 0 saturated carbocycles. The Hall–Kier alpha value is -1.87. The van der Waals surface area contributed by atoms with Crippen molar-refractivity contribution < 1.29 is 5.11 Å². The standard InChI is InChI=1S/C19H25NO2/c1-5-14(4)20-18(11-10-17(12-21)19(20)22)16-8-6-15(7-9-16)13(2)3/h6-11,13-14,21H,5,12H2,1-4H3. The van der Waals surface area contributed by atoms with Crippen LogP contribution in [-0.4, -0.2) is 9.67 Å². The van der Waals surface area contributed by atoms with E-state index in [4.69, 9.17) is 0 Å². The van der Waals surface area contributed by atoms with Crippen LogP contribution in [0.2, 0.25) is 0 Å². The Morgan fingerprint density at radius 3 is 2.18 bits per heavy atom. The summed E-state index contributed by atoms with van der Waals surface area (Å²) < 4.78 is 1.80. The molecule has 1 heterocycles. The van der Waals surface area contributed by atoms with E-state index >= 15 is 0 Å². The van der Waals surface area contributed by atoms with Gasteiger partial charge in [-0.15, -0.1) is 0 Å². The average Bonchev–Trinajstić information content (AvgIpc) is 2.53. The Morgan fingerprint density at radius 2 is 1.68 bits per heavy atom. The van der Waals surface area contributed by atoms with Gasteiger partial charge in [-0.25, -0.2) is 0 Å². The van der Waals surface area contributed by atoms with Gasteiger partial charge in [-0.05, 0) is 42.5 Å². The fraction of sp³-hybridized carbons (Fsp3) is 0.421. The zero-order valence-electron chi connectivity index (χ0n) is 13.8. The Morgan fingerprint density at radius 1 is 1.05 bits per heavy atom. The first kappa shape index (κ1) is 16.5. The monoisotopic (exact) mass is 299 g/mol. The van der Waals surface area contributed by atoms with Crippen LogP contribution < -0.4 is 5.56 Å². The summed E-state index contributed by atoms with van der Waals surface area (Å²) in [4.78, 5) is 12.6. The predicted octanol–water partition coefficient (Wildman–Crippen LogP) is 4.10. The molecule has 0 aliphatic rings. The van der Waals surface area contributed by atoms with Crippen LogP contribution in [0.5, 0.6) is 0 Å². The smallest absolute Gasteiger partial charge is 0.256 e. The Labute approximate surface area is 132 Å². The van der Waals surface area contributed by atoms with Crippen molar-refractivity contribution in [2.75, 3.05) is 0 Å². The summed E-state index contributed by atoms with van der Waals surface area (Å²) in [6, 6.07) is 12.1. The van der Waals surface area contributed by atoms with Crippen LogP contribution in [0.1, 0.15) is 57.2 Å². The molecule has 1 N–H and O–H groups in total. The van der Waals surface area contributed by atoms with Crippen molar-refractivity contribution in [1.82, 2.24) is 4.57 Å². The summed E-state index contributed by atoms with van der Waals surface area (Å²) in [6.07, 6.45) is 0.867. The minimum Gasteiger partial charge on any atom is -0.391 e. The largest absolute Gasteiger partial charge is 0.391 e. The van der Waals surface area contributed by atoms with Gasteiger partial charge in [-0.3, -0.25) is 4.79 Å². The Kier molecular flexibility index (Phi) is 5.19. The molecule has 1 atom stereocenters. The highest BCUT2D eigenvalue weighted by atomic mass is 16.3. The second-order valence-electron chi connectivity index (χ2n) is 6.11. The number of hydrogen-bond acceptors (Lipinski definition) is 2. The molecule has 3 heteroatoms. The number of benzene rings is 1. The van der Waals surface area contributed by atoms with Crippen molar-refractivity contribution in [2.45, 2.75) is 52.7 Å². The SMILES string of the molecule is CCC(C)n1c(-c2ccc(C(C)C)cc2)ccc(CO)c1=O. The molecule has 2 aromatic rings. The minimum atomic E-state index is -0.220. The Bertz CT molecular complexity index is 684. The molecule has 0 amide bonds. The summed E-state index contributed by atoms with van der Waals surface area (Å²) >= 11 is 0. The highest BCUT2D eigenvalue weighted by Gasteiger charge is 2.14. The molecule has 0 fully saturated rings. The maximum absolute atomic E-state index is 12.6. The third-order valence-corrected chi connectivity index (χ3v) is 4.27. The summed E-state index contributed by atoms with van der Waals surface area (Å²) in [5.74, 6) is 0.488. The van der Waals surface area contributed by atoms with Gasteiger partial charge in [0, 0.05) is 11.6 Å². The van der Waals surface area contributed by atoms with Gasteiger partial charge in [0.1, 0.15) is 0 Å². The van der Waals surface area contributed by atoms with E-state index in [1.165, 1.54) is 5.56 Å². The van der Waals surface area contributed by atoms with Crippen molar-refractivity contribution in [1.29, 1.82) is 0 Å². The molecule has 0 bridgehead atoms. The number of nitrogens with zero attached hydrogens (tertiary/aromatic N) is 1. The third-order valence-electron chi connectivity index (χ3n) is 4.27. The minimum absolute atomic E-state index is 0.0951. The van der Waals surface area contributed by atoms with Crippen LogP contribution in [0.25, 0.3) is 11.3 Å². The second kappa shape index (κ2) is 6.93. The van der Waals surface area contributed by atoms with Gasteiger partial charge in [0.2, 0.25) is 0 Å². The van der Waals surface area contributed by atoms with Crippen LogP contribution in [0, 0.1) is 0 Å². The fourth-order valence-corrected chi connectivity index (χ4v) is 2.61. The second-order valence-corrected chi connectivity index (χ2v) is 6.11. The number of rotatable bonds is 5. The van der Waals surface area contributed by atoms with E-state index in [-0.39, 0.29) is 18.2 Å². The van der Waals surface area contributed by atoms with Crippen molar-refractivity contribution in [2.24, 2.45) is 0 Å². The molecule has 22 heavy (non-hydrogen) atoms. The van der Waals surface area contributed by atoms with Gasteiger partial charge in [0.15, 0.2) is 0 Å². The molecule has 1 unspecified atom stereocenters. The third kappa shape index (κ3) is 3.14. The van der Waals surface area contributed by atoms with Crippen molar-refractivity contribution in [3.8, 4) is 11.3 Å². The average molecular weight is 299 g/mol. The van der Waals surface area contributed by atoms with Crippen LogP contribution in [0.3, 0.4) is 0 Å². The van der Waals surface area contributed by atoms with Gasteiger partial charge >= 0.3 is 0 Å². The molecule has 1 aromatic heterocycles. The first-order valence-corrected chi connectivity index (χ1v) is 7.95. The highest BCUT2D eigenvalue weighted by Crippen LogP contribution is 2.25. The van der Waals surface area contributed by atoms with Gasteiger partial charge in [0.25, 0.3) is 5.56 Å². The lowest BCUT2D eigenvalue weighted by molar-refractivity contribution is 0.278. The zero-order valence-corrected chi connectivity index (χ0v) is 13.8. The number of hydrogen-bond donors (Lipinski definition) is 1. The molecule has 0 spiro atoms. The first-order chi connectivity index (χ1) is 10.5. The quantitative estimate of drug-likeness (QED) is 0.903. The van der Waals surface area contributed by atoms with Crippen molar-refractivity contribution in [3.63, 3.8) is 0 Å². The molecule has 0 aliphatic heterocycles. The molecule has 2 rings (SSSR count). The van der Waals surface area contributed by atoms with E-state index in [1.54, 1.807) is 10.6 Å². The lowest BCUT2D eigenvalue weighted by atomic mass is 10.00. The van der Waals surface area contributed by atoms with Crippen LogP contribution in [-0.2, 0) is 6.61 Å². The fourth-order valence-electron chi connectivity index (χ4n) is 2.61. The maximum Gasteiger partial charge on any atom is 0.256 e. The van der Waals surface area contributed by atoms with Gasteiger partial charge in [-0.2, -0.15) is 0 Å². The number of aliphatic hydroxyl groups excluding tert-OH is 1. The molecule has 118 valence electrons. The number of aliphatic hydroxyl groups is 1. The summed E-state index contributed by atoms with van der Waals surface area (Å²) in [5, 5.41) is 9.34. The summed E-state index contributed by atoms with van der Waals surface area (Å²) in [7, 11) is 0. The topological polar surface area (TPSA) is 42.2 Å². The molecule has 0 radical (unpaired) electrons. The van der Waals surface area contributed by atoms with E-state index in [1.807, 2.05) is 13.0 Å². The molecule has 0 saturated heterocycles. The lowest BCUT2D eigenvalue weighted by Gasteiger charge is -2.20. The Balaban J connectivity index is 2.59. The predicted molar refractivity (Wildman–Crippen MR) is 91.2 cm³/mol. The molecular formula is C19H25NO2. The van der Waals surface area contributed by atoms with E-state index < -0.39 is 0 Å². The van der Waals surface area contributed by atoms with Crippen LogP contribution in [0.15, 0.2) is 41.2 Å². The summed E-state index contributed by atoms with van der Waals surface area (Å²) in [5.41, 5.74) is 3.58. The van der Waals surface area contributed by atoms with Gasteiger partial charge in [0.05, 0.1) is 12.3 Å². The van der Waals surface area contributed by atoms with Crippen molar-refractivity contribution >= 4 is 0 Å². The van der Waals surface area contributed by atoms with Crippen molar-refractivity contribution in [3.05, 3.63) is 57.9 Å². The molecule has 0 aliphatic carbocycles. The van der Waals surface area contributed by atoms with E-state index in [9.17, 15) is 9.90 Å².